The summed E-state index contributed by atoms with van der Waals surface area (Å²) < 4.78 is 35.6. The average molecular weight is 448 g/mol. The molecule has 31 heavy (non-hydrogen) atoms. The van der Waals surface area contributed by atoms with Gasteiger partial charge in [-0.2, -0.15) is 22.3 Å². The summed E-state index contributed by atoms with van der Waals surface area (Å²) in [6.45, 7) is 6.54. The number of aryl methyl sites for hydroxylation is 1. The van der Waals surface area contributed by atoms with Gasteiger partial charge in [0.15, 0.2) is 0 Å². The molecule has 168 valence electrons. The first-order valence-electron chi connectivity index (χ1n) is 10.8. The summed E-state index contributed by atoms with van der Waals surface area (Å²) in [6.07, 6.45) is 1.13. The Kier molecular flexibility index (Phi) is 5.96. The van der Waals surface area contributed by atoms with Crippen molar-refractivity contribution in [2.75, 3.05) is 50.8 Å². The van der Waals surface area contributed by atoms with Crippen molar-refractivity contribution in [1.82, 2.24) is 13.9 Å². The van der Waals surface area contributed by atoms with E-state index in [0.717, 1.165) is 11.3 Å². The van der Waals surface area contributed by atoms with Gasteiger partial charge in [-0.3, -0.25) is 0 Å². The molecular formula is C21H29N5O4S. The maximum absolute atomic E-state index is 13.7. The predicted molar refractivity (Wildman–Crippen MR) is 116 cm³/mol. The number of piperazine rings is 2. The van der Waals surface area contributed by atoms with E-state index in [1.807, 2.05) is 19.1 Å². The van der Waals surface area contributed by atoms with Gasteiger partial charge in [-0.05, 0) is 50.5 Å². The monoisotopic (exact) mass is 447 g/mol. The van der Waals surface area contributed by atoms with Crippen LogP contribution in [0.4, 0.5) is 5.69 Å². The minimum atomic E-state index is -3.81. The zero-order chi connectivity index (χ0) is 22.2. The van der Waals surface area contributed by atoms with Crippen LogP contribution in [0.15, 0.2) is 18.2 Å². The number of nitriles is 1. The van der Waals surface area contributed by atoms with Crippen LogP contribution in [-0.2, 0) is 19.7 Å². The predicted octanol–water partition coefficient (Wildman–Crippen LogP) is 0.603. The Morgan fingerprint density at radius 1 is 1.32 bits per heavy atom. The number of nitrogens with one attached hydrogen (secondary N) is 1. The van der Waals surface area contributed by atoms with Gasteiger partial charge in [0.2, 0.25) is 0 Å². The molecule has 2 atom stereocenters. The lowest BCUT2D eigenvalue weighted by Crippen LogP contribution is -2.69. The molecule has 10 heteroatoms. The lowest BCUT2D eigenvalue weighted by Gasteiger charge is -2.45. The third kappa shape index (κ3) is 3.69. The summed E-state index contributed by atoms with van der Waals surface area (Å²) in [5, 5.41) is 12.3. The fourth-order valence-electron chi connectivity index (χ4n) is 5.08. The van der Waals surface area contributed by atoms with E-state index in [4.69, 9.17) is 10.00 Å². The number of anilines is 1. The Labute approximate surface area is 183 Å². The van der Waals surface area contributed by atoms with Gasteiger partial charge in [0.25, 0.3) is 10.2 Å². The lowest BCUT2D eigenvalue weighted by molar-refractivity contribution is -0.154. The highest BCUT2D eigenvalue weighted by Crippen LogP contribution is 2.41. The summed E-state index contributed by atoms with van der Waals surface area (Å²) in [4.78, 5) is 15.0. The molecule has 0 radical (unpaired) electrons. The number of ether oxygens (including phenoxy) is 1. The van der Waals surface area contributed by atoms with Gasteiger partial charge in [0.1, 0.15) is 5.54 Å². The highest BCUT2D eigenvalue weighted by molar-refractivity contribution is 7.86. The summed E-state index contributed by atoms with van der Waals surface area (Å²) >= 11 is 0. The van der Waals surface area contributed by atoms with Gasteiger partial charge in [-0.1, -0.05) is 0 Å². The van der Waals surface area contributed by atoms with E-state index < -0.39 is 21.7 Å². The number of hydrogen-bond acceptors (Lipinski definition) is 7. The highest BCUT2D eigenvalue weighted by atomic mass is 32.2. The van der Waals surface area contributed by atoms with Crippen molar-refractivity contribution in [2.45, 2.75) is 38.3 Å². The van der Waals surface area contributed by atoms with Crippen LogP contribution < -0.4 is 10.2 Å². The van der Waals surface area contributed by atoms with Crippen LogP contribution in [0.25, 0.3) is 0 Å². The highest BCUT2D eigenvalue weighted by Gasteiger charge is 2.61. The first-order chi connectivity index (χ1) is 14.8. The molecule has 1 N–H and O–H groups in total. The van der Waals surface area contributed by atoms with E-state index in [0.29, 0.717) is 51.1 Å². The minimum absolute atomic E-state index is 0.224. The molecule has 1 aromatic rings. The van der Waals surface area contributed by atoms with Crippen molar-refractivity contribution in [2.24, 2.45) is 0 Å². The Morgan fingerprint density at radius 2 is 2.06 bits per heavy atom. The zero-order valence-electron chi connectivity index (χ0n) is 18.0. The van der Waals surface area contributed by atoms with Crippen molar-refractivity contribution >= 4 is 21.9 Å². The van der Waals surface area contributed by atoms with Crippen LogP contribution in [0.3, 0.4) is 0 Å². The first-order valence-corrected chi connectivity index (χ1v) is 12.2. The SMILES string of the molecule is CCOC(=O)C12CCC(CNC1)N2S(=O)(=O)N1CCN(c2ccc(C#N)cc2C)CC1. The van der Waals surface area contributed by atoms with E-state index in [1.54, 1.807) is 13.0 Å². The molecule has 0 saturated carbocycles. The largest absolute Gasteiger partial charge is 0.465 e. The van der Waals surface area contributed by atoms with Crippen LogP contribution >= 0.6 is 0 Å². The van der Waals surface area contributed by atoms with Gasteiger partial charge >= 0.3 is 5.97 Å². The molecule has 3 saturated heterocycles. The maximum Gasteiger partial charge on any atom is 0.328 e. The van der Waals surface area contributed by atoms with Gasteiger partial charge in [-0.25, -0.2) is 4.79 Å². The molecule has 0 aliphatic carbocycles. The van der Waals surface area contributed by atoms with Gasteiger partial charge in [0.05, 0.1) is 18.2 Å². The van der Waals surface area contributed by atoms with Crippen LogP contribution in [0, 0.1) is 18.3 Å². The number of fused-ring (bicyclic) bond motifs is 2. The third-order valence-electron chi connectivity index (χ3n) is 6.58. The standard InChI is InChI=1S/C21H29N5O4S/c1-3-30-20(27)21-7-6-18(14-23-15-21)26(21)31(28,29)25-10-8-24(9-11-25)19-5-4-17(13-22)12-16(19)2/h4-5,12,18,23H,3,6-11,14-15H2,1-2H3. The van der Waals surface area contributed by atoms with E-state index in [1.165, 1.54) is 8.61 Å². The number of nitrogens with zero attached hydrogens (tertiary/aromatic N) is 4. The molecule has 4 rings (SSSR count). The second-order valence-corrected chi connectivity index (χ2v) is 10.2. The second-order valence-electron chi connectivity index (χ2n) is 8.38. The molecule has 3 heterocycles. The Morgan fingerprint density at radius 3 is 2.71 bits per heavy atom. The molecule has 3 fully saturated rings. The number of hydrogen-bond donors (Lipinski definition) is 1. The van der Waals surface area contributed by atoms with Crippen molar-refractivity contribution < 1.29 is 17.9 Å². The lowest BCUT2D eigenvalue weighted by atomic mass is 9.98. The number of esters is 1. The van der Waals surface area contributed by atoms with Crippen molar-refractivity contribution in [3.63, 3.8) is 0 Å². The Balaban J connectivity index is 1.53. The smallest absolute Gasteiger partial charge is 0.328 e. The molecule has 3 aliphatic rings. The van der Waals surface area contributed by atoms with Crippen LogP contribution in [0.2, 0.25) is 0 Å². The summed E-state index contributed by atoms with van der Waals surface area (Å²) in [5.41, 5.74) is 1.47. The third-order valence-corrected chi connectivity index (χ3v) is 8.74. The Bertz CT molecular complexity index is 996. The maximum atomic E-state index is 13.7. The summed E-state index contributed by atoms with van der Waals surface area (Å²) in [6, 6.07) is 7.46. The quantitative estimate of drug-likeness (QED) is 0.659. The fourth-order valence-corrected chi connectivity index (χ4v) is 7.18. The molecule has 3 aliphatic heterocycles. The number of benzene rings is 1. The summed E-state index contributed by atoms with van der Waals surface area (Å²) in [5.74, 6) is -0.458. The molecule has 0 aromatic heterocycles. The molecule has 9 nitrogen and oxygen atoms in total. The second kappa shape index (κ2) is 8.39. The van der Waals surface area contributed by atoms with Gasteiger partial charge in [-0.15, -0.1) is 0 Å². The zero-order valence-corrected chi connectivity index (χ0v) is 18.8. The molecule has 2 bridgehead atoms. The van der Waals surface area contributed by atoms with E-state index in [9.17, 15) is 13.2 Å². The molecule has 0 amide bonds. The number of carbonyl (C=O) groups excluding carboxylic acids is 1. The molecule has 1 aromatic carbocycles. The van der Waals surface area contributed by atoms with Gasteiger partial charge < -0.3 is 15.0 Å². The molecule has 0 spiro atoms. The average Bonchev–Trinajstić information content (AvgIpc) is 3.02. The number of rotatable bonds is 5. The normalized spacial score (nSPS) is 27.1. The van der Waals surface area contributed by atoms with Crippen molar-refractivity contribution in [3.05, 3.63) is 29.3 Å². The topological polar surface area (TPSA) is 106 Å². The van der Waals surface area contributed by atoms with Crippen molar-refractivity contribution in [1.29, 1.82) is 5.26 Å². The number of carbonyl (C=O) groups is 1. The van der Waals surface area contributed by atoms with Crippen LogP contribution in [-0.4, -0.2) is 80.5 Å². The summed E-state index contributed by atoms with van der Waals surface area (Å²) in [7, 11) is -3.81. The first kappa shape index (κ1) is 22.0. The molecular weight excluding hydrogens is 418 g/mol. The van der Waals surface area contributed by atoms with E-state index in [-0.39, 0.29) is 19.2 Å². The minimum Gasteiger partial charge on any atom is -0.465 e. The van der Waals surface area contributed by atoms with Crippen LogP contribution in [0.1, 0.15) is 30.9 Å². The van der Waals surface area contributed by atoms with E-state index >= 15 is 0 Å². The fraction of sp³-hybridized carbons (Fsp3) is 0.619. The Hall–Kier alpha value is -2.19. The van der Waals surface area contributed by atoms with Crippen LogP contribution in [0.5, 0.6) is 0 Å². The van der Waals surface area contributed by atoms with Gasteiger partial charge in [0, 0.05) is 51.0 Å². The van der Waals surface area contributed by atoms with E-state index in [2.05, 4.69) is 16.3 Å². The molecule has 2 unspecified atom stereocenters. The van der Waals surface area contributed by atoms with Crippen molar-refractivity contribution in [3.8, 4) is 6.07 Å².